The van der Waals surface area contributed by atoms with Crippen LogP contribution >= 0.6 is 0 Å². The first-order chi connectivity index (χ1) is 8.52. The van der Waals surface area contributed by atoms with Gasteiger partial charge in [0.2, 0.25) is 5.88 Å². The topological polar surface area (TPSA) is 56.3 Å². The molecular formula is C13H23N3O2. The first-order valence-corrected chi connectivity index (χ1v) is 6.30. The molecule has 0 aromatic carbocycles. The summed E-state index contributed by atoms with van der Waals surface area (Å²) in [5, 5.41) is 3.27. The van der Waals surface area contributed by atoms with E-state index in [1.807, 2.05) is 6.07 Å². The molecule has 1 aromatic rings. The Morgan fingerprint density at radius 1 is 1.17 bits per heavy atom. The van der Waals surface area contributed by atoms with E-state index in [2.05, 4.69) is 43.0 Å². The summed E-state index contributed by atoms with van der Waals surface area (Å²) >= 11 is 0. The third-order valence-electron chi connectivity index (χ3n) is 2.21. The standard InChI is InChI=1S/C13H23N3O2/c1-9(2)13-15-11(14-10(3)4)8-12(16-13)18-7-6-17-5/h8-10H,6-7H2,1-5H3,(H,14,15,16). The third-order valence-corrected chi connectivity index (χ3v) is 2.21. The van der Waals surface area contributed by atoms with Crippen molar-refractivity contribution in [1.29, 1.82) is 0 Å². The molecule has 0 unspecified atom stereocenters. The highest BCUT2D eigenvalue weighted by Crippen LogP contribution is 2.19. The maximum Gasteiger partial charge on any atom is 0.218 e. The van der Waals surface area contributed by atoms with E-state index in [0.29, 0.717) is 25.1 Å². The van der Waals surface area contributed by atoms with Gasteiger partial charge in [-0.25, -0.2) is 4.98 Å². The zero-order chi connectivity index (χ0) is 13.5. The lowest BCUT2D eigenvalue weighted by molar-refractivity contribution is 0.143. The molecule has 0 aliphatic heterocycles. The van der Waals surface area contributed by atoms with Gasteiger partial charge in [-0.1, -0.05) is 13.8 Å². The summed E-state index contributed by atoms with van der Waals surface area (Å²) in [5.41, 5.74) is 0. The lowest BCUT2D eigenvalue weighted by Crippen LogP contribution is -2.14. The van der Waals surface area contributed by atoms with Crippen LogP contribution in [0.5, 0.6) is 5.88 Å². The molecule has 0 fully saturated rings. The van der Waals surface area contributed by atoms with Gasteiger partial charge >= 0.3 is 0 Å². The molecule has 1 N–H and O–H groups in total. The van der Waals surface area contributed by atoms with Crippen LogP contribution in [0.3, 0.4) is 0 Å². The van der Waals surface area contributed by atoms with Crippen LogP contribution in [-0.4, -0.2) is 36.3 Å². The highest BCUT2D eigenvalue weighted by Gasteiger charge is 2.09. The van der Waals surface area contributed by atoms with E-state index < -0.39 is 0 Å². The average molecular weight is 253 g/mol. The van der Waals surface area contributed by atoms with E-state index in [1.165, 1.54) is 0 Å². The van der Waals surface area contributed by atoms with Crippen molar-refractivity contribution in [3.63, 3.8) is 0 Å². The number of nitrogens with one attached hydrogen (secondary N) is 1. The molecule has 0 atom stereocenters. The normalized spacial score (nSPS) is 11.1. The Hall–Kier alpha value is -1.36. The first-order valence-electron chi connectivity index (χ1n) is 6.30. The van der Waals surface area contributed by atoms with Crippen molar-refractivity contribution in [3.8, 4) is 5.88 Å². The van der Waals surface area contributed by atoms with Crippen LogP contribution in [0.1, 0.15) is 39.4 Å². The third kappa shape index (κ3) is 4.87. The number of rotatable bonds is 7. The lowest BCUT2D eigenvalue weighted by atomic mass is 10.2. The van der Waals surface area contributed by atoms with Crippen LogP contribution in [0.4, 0.5) is 5.82 Å². The van der Waals surface area contributed by atoms with E-state index >= 15 is 0 Å². The van der Waals surface area contributed by atoms with Crippen molar-refractivity contribution in [2.45, 2.75) is 39.7 Å². The summed E-state index contributed by atoms with van der Waals surface area (Å²) in [7, 11) is 1.65. The summed E-state index contributed by atoms with van der Waals surface area (Å²) < 4.78 is 10.5. The number of anilines is 1. The van der Waals surface area contributed by atoms with Crippen LogP contribution in [0, 0.1) is 0 Å². The smallest absolute Gasteiger partial charge is 0.218 e. The molecule has 0 spiro atoms. The number of hydrogen-bond donors (Lipinski definition) is 1. The Labute approximate surface area is 109 Å². The maximum atomic E-state index is 5.54. The summed E-state index contributed by atoms with van der Waals surface area (Å²) in [5.74, 6) is 2.45. The van der Waals surface area contributed by atoms with E-state index in [-0.39, 0.29) is 5.92 Å². The second-order valence-electron chi connectivity index (χ2n) is 4.74. The fraction of sp³-hybridized carbons (Fsp3) is 0.692. The summed E-state index contributed by atoms with van der Waals surface area (Å²) in [4.78, 5) is 8.85. The average Bonchev–Trinajstić information content (AvgIpc) is 2.28. The predicted molar refractivity (Wildman–Crippen MR) is 72.3 cm³/mol. The van der Waals surface area contributed by atoms with Gasteiger partial charge in [0.15, 0.2) is 0 Å². The molecule has 1 heterocycles. The molecule has 0 saturated carbocycles. The Morgan fingerprint density at radius 2 is 1.89 bits per heavy atom. The van der Waals surface area contributed by atoms with Crippen molar-refractivity contribution < 1.29 is 9.47 Å². The molecule has 1 aromatic heterocycles. The van der Waals surface area contributed by atoms with Crippen molar-refractivity contribution >= 4 is 5.82 Å². The Morgan fingerprint density at radius 3 is 2.44 bits per heavy atom. The molecule has 0 saturated heterocycles. The minimum absolute atomic E-state index is 0.267. The second kappa shape index (κ2) is 7.16. The summed E-state index contributed by atoms with van der Waals surface area (Å²) in [6.07, 6.45) is 0. The zero-order valence-corrected chi connectivity index (χ0v) is 11.9. The van der Waals surface area contributed by atoms with E-state index in [9.17, 15) is 0 Å². The highest BCUT2D eigenvalue weighted by atomic mass is 16.5. The molecule has 0 aliphatic rings. The number of hydrogen-bond acceptors (Lipinski definition) is 5. The molecular weight excluding hydrogens is 230 g/mol. The quantitative estimate of drug-likeness (QED) is 0.756. The van der Waals surface area contributed by atoms with Crippen molar-refractivity contribution in [2.24, 2.45) is 0 Å². The molecule has 0 aliphatic carbocycles. The van der Waals surface area contributed by atoms with Crippen molar-refractivity contribution in [2.75, 3.05) is 25.6 Å². The van der Waals surface area contributed by atoms with Gasteiger partial charge in [0.25, 0.3) is 0 Å². The Bertz CT molecular complexity index is 367. The predicted octanol–water partition coefficient (Wildman–Crippen LogP) is 2.45. The fourth-order valence-corrected chi connectivity index (χ4v) is 1.37. The molecule has 0 amide bonds. The molecule has 0 bridgehead atoms. The molecule has 18 heavy (non-hydrogen) atoms. The fourth-order valence-electron chi connectivity index (χ4n) is 1.37. The van der Waals surface area contributed by atoms with Crippen LogP contribution in [-0.2, 0) is 4.74 Å². The maximum absolute atomic E-state index is 5.54. The van der Waals surface area contributed by atoms with Crippen molar-refractivity contribution in [3.05, 3.63) is 11.9 Å². The number of nitrogens with zero attached hydrogens (tertiary/aromatic N) is 2. The monoisotopic (exact) mass is 253 g/mol. The van der Waals surface area contributed by atoms with Crippen molar-refractivity contribution in [1.82, 2.24) is 9.97 Å². The minimum atomic E-state index is 0.267. The number of methoxy groups -OCH3 is 1. The zero-order valence-electron chi connectivity index (χ0n) is 11.9. The lowest BCUT2D eigenvalue weighted by Gasteiger charge is -2.14. The SMILES string of the molecule is COCCOc1cc(NC(C)C)nc(C(C)C)n1. The number of ether oxygens (including phenoxy) is 2. The molecule has 102 valence electrons. The molecule has 5 nitrogen and oxygen atoms in total. The van der Waals surface area contributed by atoms with Gasteiger partial charge < -0.3 is 14.8 Å². The number of aromatic nitrogens is 2. The first kappa shape index (κ1) is 14.7. The minimum Gasteiger partial charge on any atom is -0.475 e. The van der Waals surface area contributed by atoms with Gasteiger partial charge in [-0.05, 0) is 13.8 Å². The van der Waals surface area contributed by atoms with Crippen LogP contribution in [0.25, 0.3) is 0 Å². The van der Waals surface area contributed by atoms with E-state index in [0.717, 1.165) is 11.6 Å². The van der Waals surface area contributed by atoms with Gasteiger partial charge in [-0.2, -0.15) is 4.98 Å². The second-order valence-corrected chi connectivity index (χ2v) is 4.74. The van der Waals surface area contributed by atoms with Crippen LogP contribution < -0.4 is 10.1 Å². The van der Waals surface area contributed by atoms with Gasteiger partial charge in [0.1, 0.15) is 18.2 Å². The van der Waals surface area contributed by atoms with Gasteiger partial charge in [0.05, 0.1) is 6.61 Å². The Balaban J connectivity index is 2.84. The van der Waals surface area contributed by atoms with E-state index in [4.69, 9.17) is 9.47 Å². The Kier molecular flexibility index (Phi) is 5.85. The summed E-state index contributed by atoms with van der Waals surface area (Å²) in [6, 6.07) is 2.15. The van der Waals surface area contributed by atoms with Gasteiger partial charge in [-0.15, -0.1) is 0 Å². The van der Waals surface area contributed by atoms with Gasteiger partial charge in [0, 0.05) is 25.1 Å². The molecule has 0 radical (unpaired) electrons. The van der Waals surface area contributed by atoms with E-state index in [1.54, 1.807) is 7.11 Å². The molecule has 5 heteroatoms. The van der Waals surface area contributed by atoms with Crippen LogP contribution in [0.2, 0.25) is 0 Å². The van der Waals surface area contributed by atoms with Crippen LogP contribution in [0.15, 0.2) is 6.07 Å². The summed E-state index contributed by atoms with van der Waals surface area (Å²) in [6.45, 7) is 9.31. The highest BCUT2D eigenvalue weighted by molar-refractivity contribution is 5.39. The van der Waals surface area contributed by atoms with Gasteiger partial charge in [-0.3, -0.25) is 0 Å². The molecule has 1 rings (SSSR count). The largest absolute Gasteiger partial charge is 0.475 e.